The van der Waals surface area contributed by atoms with E-state index >= 15 is 0 Å². The molecule has 2 saturated heterocycles. The summed E-state index contributed by atoms with van der Waals surface area (Å²) in [6, 6.07) is 6.66. The van der Waals surface area contributed by atoms with Crippen LogP contribution in [0.4, 0.5) is 0 Å². The fraction of sp³-hybridized carbons (Fsp3) is 0.611. The van der Waals surface area contributed by atoms with Crippen LogP contribution in [0, 0.1) is 0 Å². The Kier molecular flexibility index (Phi) is 4.94. The SMILES string of the molecule is CN=C(NCc1ccc2c(c1)OCO2)N1CCC(N2CCOCC2)C1. The van der Waals surface area contributed by atoms with Gasteiger partial charge in [0.15, 0.2) is 17.5 Å². The molecule has 25 heavy (non-hydrogen) atoms. The first-order valence-electron chi connectivity index (χ1n) is 8.99. The van der Waals surface area contributed by atoms with Crippen molar-refractivity contribution in [1.29, 1.82) is 0 Å². The Labute approximate surface area is 148 Å². The van der Waals surface area contributed by atoms with Crippen LogP contribution < -0.4 is 14.8 Å². The largest absolute Gasteiger partial charge is 0.454 e. The maximum Gasteiger partial charge on any atom is 0.231 e. The summed E-state index contributed by atoms with van der Waals surface area (Å²) >= 11 is 0. The molecule has 0 aliphatic carbocycles. The van der Waals surface area contributed by atoms with E-state index < -0.39 is 0 Å². The maximum absolute atomic E-state index is 5.46. The van der Waals surface area contributed by atoms with Crippen LogP contribution in [0.1, 0.15) is 12.0 Å². The Balaban J connectivity index is 1.32. The lowest BCUT2D eigenvalue weighted by molar-refractivity contribution is 0.0195. The topological polar surface area (TPSA) is 58.6 Å². The lowest BCUT2D eigenvalue weighted by atomic mass is 10.2. The third-order valence-electron chi connectivity index (χ3n) is 5.12. The molecule has 1 aromatic rings. The van der Waals surface area contributed by atoms with Gasteiger partial charge < -0.3 is 24.4 Å². The molecule has 7 nitrogen and oxygen atoms in total. The molecule has 3 aliphatic rings. The van der Waals surface area contributed by atoms with Crippen LogP contribution in [-0.2, 0) is 11.3 Å². The van der Waals surface area contributed by atoms with Crippen LogP contribution in [0.15, 0.2) is 23.2 Å². The second kappa shape index (κ2) is 7.49. The minimum atomic E-state index is 0.310. The highest BCUT2D eigenvalue weighted by molar-refractivity contribution is 5.80. The second-order valence-corrected chi connectivity index (χ2v) is 6.63. The van der Waals surface area contributed by atoms with Gasteiger partial charge in [0.25, 0.3) is 0 Å². The molecule has 1 N–H and O–H groups in total. The number of hydrogen-bond donors (Lipinski definition) is 1. The van der Waals surface area contributed by atoms with E-state index in [1.807, 2.05) is 19.2 Å². The van der Waals surface area contributed by atoms with Crippen molar-refractivity contribution in [2.45, 2.75) is 19.0 Å². The van der Waals surface area contributed by atoms with E-state index in [-0.39, 0.29) is 0 Å². The van der Waals surface area contributed by atoms with Gasteiger partial charge in [0.05, 0.1) is 13.2 Å². The number of guanidine groups is 1. The molecule has 0 amide bonds. The van der Waals surface area contributed by atoms with Crippen molar-refractivity contribution in [3.8, 4) is 11.5 Å². The summed E-state index contributed by atoms with van der Waals surface area (Å²) in [6.07, 6.45) is 1.19. The fourth-order valence-electron chi connectivity index (χ4n) is 3.74. The van der Waals surface area contributed by atoms with Crippen LogP contribution in [0.25, 0.3) is 0 Å². The Morgan fingerprint density at radius 2 is 2.04 bits per heavy atom. The van der Waals surface area contributed by atoms with Gasteiger partial charge >= 0.3 is 0 Å². The number of hydrogen-bond acceptors (Lipinski definition) is 5. The zero-order valence-electron chi connectivity index (χ0n) is 14.7. The number of benzene rings is 1. The number of rotatable bonds is 3. The lowest BCUT2D eigenvalue weighted by Crippen LogP contribution is -2.46. The van der Waals surface area contributed by atoms with Gasteiger partial charge in [0.1, 0.15) is 0 Å². The average Bonchev–Trinajstić information content (AvgIpc) is 3.32. The van der Waals surface area contributed by atoms with Gasteiger partial charge in [-0.15, -0.1) is 0 Å². The first-order chi connectivity index (χ1) is 12.3. The summed E-state index contributed by atoms with van der Waals surface area (Å²) in [4.78, 5) is 9.37. The van der Waals surface area contributed by atoms with Gasteiger partial charge in [-0.05, 0) is 24.1 Å². The predicted octanol–water partition coefficient (Wildman–Crippen LogP) is 0.897. The number of morpholine rings is 1. The molecule has 1 aromatic carbocycles. The highest BCUT2D eigenvalue weighted by Gasteiger charge is 2.30. The lowest BCUT2D eigenvalue weighted by Gasteiger charge is -2.32. The Morgan fingerprint density at radius 3 is 2.88 bits per heavy atom. The fourth-order valence-corrected chi connectivity index (χ4v) is 3.74. The van der Waals surface area contributed by atoms with Crippen LogP contribution in [0.5, 0.6) is 11.5 Å². The Morgan fingerprint density at radius 1 is 1.20 bits per heavy atom. The number of ether oxygens (including phenoxy) is 3. The summed E-state index contributed by atoms with van der Waals surface area (Å²) in [5, 5.41) is 3.48. The van der Waals surface area contributed by atoms with E-state index in [2.05, 4.69) is 26.2 Å². The minimum Gasteiger partial charge on any atom is -0.454 e. The van der Waals surface area contributed by atoms with E-state index in [0.717, 1.165) is 69.0 Å². The highest BCUT2D eigenvalue weighted by atomic mass is 16.7. The predicted molar refractivity (Wildman–Crippen MR) is 95.1 cm³/mol. The van der Waals surface area contributed by atoms with E-state index in [1.165, 1.54) is 6.42 Å². The monoisotopic (exact) mass is 346 g/mol. The maximum atomic E-state index is 5.46. The van der Waals surface area contributed by atoms with Gasteiger partial charge in [-0.1, -0.05) is 6.07 Å². The van der Waals surface area contributed by atoms with Gasteiger partial charge in [0, 0.05) is 45.8 Å². The van der Waals surface area contributed by atoms with E-state index in [1.54, 1.807) is 0 Å². The Bertz CT molecular complexity index is 631. The van der Waals surface area contributed by atoms with Crippen LogP contribution in [0.3, 0.4) is 0 Å². The standard InChI is InChI=1S/C18H26N4O3/c1-19-18(20-11-14-2-3-16-17(10-14)25-13-24-16)22-5-4-15(12-22)21-6-8-23-9-7-21/h2-3,10,15H,4-9,11-13H2,1H3,(H,19,20). The highest BCUT2D eigenvalue weighted by Crippen LogP contribution is 2.32. The minimum absolute atomic E-state index is 0.310. The van der Waals surface area contributed by atoms with Gasteiger partial charge in [0.2, 0.25) is 6.79 Å². The van der Waals surface area contributed by atoms with Crippen molar-refractivity contribution < 1.29 is 14.2 Å². The van der Waals surface area contributed by atoms with Crippen LogP contribution in [-0.4, -0.2) is 75.0 Å². The first kappa shape index (κ1) is 16.5. The normalized spacial score (nSPS) is 24.0. The molecule has 0 bridgehead atoms. The summed E-state index contributed by atoms with van der Waals surface area (Å²) in [5.74, 6) is 2.61. The molecule has 7 heteroatoms. The first-order valence-corrected chi connectivity index (χ1v) is 8.99. The smallest absolute Gasteiger partial charge is 0.231 e. The van der Waals surface area contributed by atoms with Gasteiger partial charge in [-0.2, -0.15) is 0 Å². The molecular weight excluding hydrogens is 320 g/mol. The third kappa shape index (κ3) is 3.67. The third-order valence-corrected chi connectivity index (χ3v) is 5.12. The molecule has 0 aromatic heterocycles. The number of likely N-dealkylation sites (tertiary alicyclic amines) is 1. The van der Waals surface area contributed by atoms with Crippen molar-refractivity contribution >= 4 is 5.96 Å². The summed E-state index contributed by atoms with van der Waals surface area (Å²) < 4.78 is 16.3. The molecule has 3 heterocycles. The number of nitrogens with one attached hydrogen (secondary N) is 1. The molecule has 4 rings (SSSR count). The number of fused-ring (bicyclic) bond motifs is 1. The second-order valence-electron chi connectivity index (χ2n) is 6.63. The quantitative estimate of drug-likeness (QED) is 0.648. The number of aliphatic imine (C=N–C) groups is 1. The number of nitrogens with zero attached hydrogens (tertiary/aromatic N) is 3. The van der Waals surface area contributed by atoms with E-state index in [9.17, 15) is 0 Å². The van der Waals surface area contributed by atoms with E-state index in [4.69, 9.17) is 14.2 Å². The Hall–Kier alpha value is -1.99. The van der Waals surface area contributed by atoms with E-state index in [0.29, 0.717) is 12.8 Å². The zero-order chi connectivity index (χ0) is 17.1. The van der Waals surface area contributed by atoms with Crippen molar-refractivity contribution in [2.75, 3.05) is 53.2 Å². The van der Waals surface area contributed by atoms with Crippen LogP contribution in [0.2, 0.25) is 0 Å². The summed E-state index contributed by atoms with van der Waals surface area (Å²) in [5.41, 5.74) is 1.16. The molecule has 3 aliphatic heterocycles. The van der Waals surface area contributed by atoms with Crippen molar-refractivity contribution in [2.24, 2.45) is 4.99 Å². The summed E-state index contributed by atoms with van der Waals surface area (Å²) in [6.45, 7) is 6.90. The molecule has 1 unspecified atom stereocenters. The molecule has 136 valence electrons. The average molecular weight is 346 g/mol. The zero-order valence-corrected chi connectivity index (χ0v) is 14.7. The molecule has 0 saturated carbocycles. The van der Waals surface area contributed by atoms with Crippen molar-refractivity contribution in [1.82, 2.24) is 15.1 Å². The molecule has 0 spiro atoms. The van der Waals surface area contributed by atoms with Gasteiger partial charge in [-0.25, -0.2) is 0 Å². The van der Waals surface area contributed by atoms with Gasteiger partial charge in [-0.3, -0.25) is 9.89 Å². The summed E-state index contributed by atoms with van der Waals surface area (Å²) in [7, 11) is 1.85. The molecular formula is C18H26N4O3. The molecule has 1 atom stereocenters. The van der Waals surface area contributed by atoms with Crippen molar-refractivity contribution in [3.63, 3.8) is 0 Å². The van der Waals surface area contributed by atoms with Crippen LogP contribution >= 0.6 is 0 Å². The molecule has 2 fully saturated rings. The molecule has 0 radical (unpaired) electrons. The van der Waals surface area contributed by atoms with Crippen molar-refractivity contribution in [3.05, 3.63) is 23.8 Å².